The van der Waals surface area contributed by atoms with Crippen molar-refractivity contribution in [1.29, 1.82) is 0 Å². The van der Waals surface area contributed by atoms with Gasteiger partial charge in [-0.15, -0.1) is 0 Å². The second-order valence-electron chi connectivity index (χ2n) is 5.29. The fourth-order valence-corrected chi connectivity index (χ4v) is 2.82. The lowest BCUT2D eigenvalue weighted by molar-refractivity contribution is 0.296. The molecule has 21 heavy (non-hydrogen) atoms. The number of nitrogen functional groups attached to an aromatic ring is 1. The van der Waals surface area contributed by atoms with E-state index in [0.29, 0.717) is 29.7 Å². The van der Waals surface area contributed by atoms with E-state index >= 15 is 0 Å². The van der Waals surface area contributed by atoms with Crippen molar-refractivity contribution >= 4 is 17.5 Å². The van der Waals surface area contributed by atoms with Crippen molar-refractivity contribution < 1.29 is 14.0 Å². The van der Waals surface area contributed by atoms with E-state index in [2.05, 4.69) is 19.0 Å². The van der Waals surface area contributed by atoms with Gasteiger partial charge >= 0.3 is 0 Å². The van der Waals surface area contributed by atoms with Crippen molar-refractivity contribution in [2.75, 3.05) is 18.9 Å². The monoisotopic (exact) mass is 308 g/mol. The van der Waals surface area contributed by atoms with Crippen LogP contribution < -0.4 is 15.2 Å². The molecular weight excluding hydrogens is 292 g/mol. The summed E-state index contributed by atoms with van der Waals surface area (Å²) in [4.78, 5) is 0. The highest BCUT2D eigenvalue weighted by molar-refractivity contribution is 6.33. The van der Waals surface area contributed by atoms with Gasteiger partial charge in [0.15, 0.2) is 11.5 Å². The van der Waals surface area contributed by atoms with Crippen LogP contribution in [-0.2, 0) is 0 Å². The van der Waals surface area contributed by atoms with E-state index in [1.54, 1.807) is 12.1 Å². The Kier molecular flexibility index (Phi) is 3.68. The third-order valence-electron chi connectivity index (χ3n) is 3.39. The Hall–Kier alpha value is -1.88. The zero-order chi connectivity index (χ0) is 15.0. The van der Waals surface area contributed by atoms with Crippen LogP contribution in [0.4, 0.5) is 5.88 Å². The molecule has 0 saturated heterocycles. The molecule has 2 aromatic rings. The Morgan fingerprint density at radius 2 is 2.00 bits per heavy atom. The lowest BCUT2D eigenvalue weighted by Gasteiger charge is -2.19. The predicted octanol–water partition coefficient (Wildman–Crippen LogP) is 3.86. The predicted molar refractivity (Wildman–Crippen MR) is 81.1 cm³/mol. The molecule has 5 nitrogen and oxygen atoms in total. The number of fused-ring (bicyclic) bond motifs is 1. The fraction of sp³-hybridized carbons (Fsp3) is 0.400. The standard InChI is InChI=1S/C15H17ClN2O3/c1-8(2)13-14(10-7-12(17)21-18-10)9(16)6-11-15(13)20-5-3-4-19-11/h6-8H,3-5,17H2,1-2H3. The smallest absolute Gasteiger partial charge is 0.222 e. The summed E-state index contributed by atoms with van der Waals surface area (Å²) in [6, 6.07) is 3.44. The Morgan fingerprint density at radius 3 is 2.67 bits per heavy atom. The molecule has 0 spiro atoms. The van der Waals surface area contributed by atoms with E-state index in [1.807, 2.05) is 0 Å². The first-order chi connectivity index (χ1) is 10.1. The number of anilines is 1. The van der Waals surface area contributed by atoms with Crippen LogP contribution in [0.5, 0.6) is 11.5 Å². The Bertz CT molecular complexity index is 667. The van der Waals surface area contributed by atoms with Crippen molar-refractivity contribution in [1.82, 2.24) is 5.16 Å². The SMILES string of the molecule is CC(C)c1c2c(cc(Cl)c1-c1cc(N)on1)OCCCO2. The van der Waals surface area contributed by atoms with Crippen molar-refractivity contribution in [2.24, 2.45) is 0 Å². The molecule has 0 radical (unpaired) electrons. The lowest BCUT2D eigenvalue weighted by Crippen LogP contribution is -2.02. The topological polar surface area (TPSA) is 70.5 Å². The van der Waals surface area contributed by atoms with E-state index in [9.17, 15) is 0 Å². The molecule has 0 saturated carbocycles. The van der Waals surface area contributed by atoms with Crippen molar-refractivity contribution in [3.05, 3.63) is 22.7 Å². The van der Waals surface area contributed by atoms with Gasteiger partial charge in [-0.2, -0.15) is 0 Å². The molecule has 0 amide bonds. The second-order valence-corrected chi connectivity index (χ2v) is 5.70. The van der Waals surface area contributed by atoms with Crippen LogP contribution in [0.3, 0.4) is 0 Å². The van der Waals surface area contributed by atoms with Gasteiger partial charge in [-0.3, -0.25) is 0 Å². The summed E-state index contributed by atoms with van der Waals surface area (Å²) in [6.07, 6.45) is 0.843. The van der Waals surface area contributed by atoms with Gasteiger partial charge < -0.3 is 19.7 Å². The molecule has 0 bridgehead atoms. The molecule has 0 fully saturated rings. The summed E-state index contributed by atoms with van der Waals surface area (Å²) < 4.78 is 16.6. The van der Waals surface area contributed by atoms with Gasteiger partial charge in [0, 0.05) is 29.7 Å². The van der Waals surface area contributed by atoms with Gasteiger partial charge in [-0.1, -0.05) is 30.6 Å². The summed E-state index contributed by atoms with van der Waals surface area (Å²) in [7, 11) is 0. The largest absolute Gasteiger partial charge is 0.489 e. The zero-order valence-electron chi connectivity index (χ0n) is 12.0. The highest BCUT2D eigenvalue weighted by Gasteiger charge is 2.25. The number of hydrogen-bond acceptors (Lipinski definition) is 5. The van der Waals surface area contributed by atoms with Gasteiger partial charge in [-0.25, -0.2) is 0 Å². The molecule has 2 N–H and O–H groups in total. The number of rotatable bonds is 2. The summed E-state index contributed by atoms with van der Waals surface area (Å²) >= 11 is 6.45. The minimum absolute atomic E-state index is 0.187. The Labute approximate surface area is 128 Å². The highest BCUT2D eigenvalue weighted by atomic mass is 35.5. The maximum Gasteiger partial charge on any atom is 0.222 e. The molecule has 1 aliphatic rings. The molecule has 6 heteroatoms. The third-order valence-corrected chi connectivity index (χ3v) is 3.69. The average Bonchev–Trinajstić information content (AvgIpc) is 2.71. The zero-order valence-corrected chi connectivity index (χ0v) is 12.7. The number of nitrogens with zero attached hydrogens (tertiary/aromatic N) is 1. The van der Waals surface area contributed by atoms with Crippen LogP contribution in [0.1, 0.15) is 31.7 Å². The maximum absolute atomic E-state index is 6.45. The summed E-state index contributed by atoms with van der Waals surface area (Å²) in [5.41, 5.74) is 7.99. The van der Waals surface area contributed by atoms with Gasteiger partial charge in [0.2, 0.25) is 5.88 Å². The quantitative estimate of drug-likeness (QED) is 0.912. The van der Waals surface area contributed by atoms with Gasteiger partial charge in [0.25, 0.3) is 0 Å². The number of halogens is 1. The molecule has 112 valence electrons. The Balaban J connectivity index is 2.26. The molecule has 0 aliphatic carbocycles. The van der Waals surface area contributed by atoms with Crippen LogP contribution in [0.25, 0.3) is 11.3 Å². The minimum atomic E-state index is 0.187. The molecule has 0 unspecified atom stereocenters. The van der Waals surface area contributed by atoms with Crippen LogP contribution in [0, 0.1) is 0 Å². The van der Waals surface area contributed by atoms with Gasteiger partial charge in [0.1, 0.15) is 5.69 Å². The van der Waals surface area contributed by atoms with Crippen molar-refractivity contribution in [3.8, 4) is 22.8 Å². The summed E-state index contributed by atoms with van der Waals surface area (Å²) in [5, 5.41) is 4.53. The fourth-order valence-electron chi connectivity index (χ4n) is 2.52. The first kappa shape index (κ1) is 14.1. The van der Waals surface area contributed by atoms with Gasteiger partial charge in [-0.05, 0) is 5.92 Å². The van der Waals surface area contributed by atoms with Crippen LogP contribution in [0.15, 0.2) is 16.7 Å². The lowest BCUT2D eigenvalue weighted by atomic mass is 9.93. The maximum atomic E-state index is 6.45. The van der Waals surface area contributed by atoms with Gasteiger partial charge in [0.05, 0.1) is 18.2 Å². The van der Waals surface area contributed by atoms with Crippen molar-refractivity contribution in [3.63, 3.8) is 0 Å². The minimum Gasteiger partial charge on any atom is -0.489 e. The third kappa shape index (κ3) is 2.53. The summed E-state index contributed by atoms with van der Waals surface area (Å²) in [6.45, 7) is 5.39. The molecule has 1 aliphatic heterocycles. The number of aromatic nitrogens is 1. The van der Waals surface area contributed by atoms with Crippen LogP contribution in [-0.4, -0.2) is 18.4 Å². The van der Waals surface area contributed by atoms with E-state index in [4.69, 9.17) is 31.3 Å². The van der Waals surface area contributed by atoms with E-state index in [1.165, 1.54) is 0 Å². The number of ether oxygens (including phenoxy) is 2. The van der Waals surface area contributed by atoms with E-state index in [0.717, 1.165) is 23.3 Å². The van der Waals surface area contributed by atoms with E-state index in [-0.39, 0.29) is 11.8 Å². The molecule has 2 heterocycles. The highest BCUT2D eigenvalue weighted by Crippen LogP contribution is 2.47. The van der Waals surface area contributed by atoms with E-state index < -0.39 is 0 Å². The molecule has 3 rings (SSSR count). The molecule has 1 aromatic carbocycles. The number of benzene rings is 1. The van der Waals surface area contributed by atoms with Crippen molar-refractivity contribution in [2.45, 2.75) is 26.2 Å². The van der Waals surface area contributed by atoms with Crippen LogP contribution in [0.2, 0.25) is 5.02 Å². The average molecular weight is 309 g/mol. The normalized spacial score (nSPS) is 14.3. The second kappa shape index (κ2) is 5.48. The first-order valence-corrected chi connectivity index (χ1v) is 7.30. The number of hydrogen-bond donors (Lipinski definition) is 1. The molecule has 1 aromatic heterocycles. The Morgan fingerprint density at radius 1 is 1.24 bits per heavy atom. The first-order valence-electron chi connectivity index (χ1n) is 6.92. The molecular formula is C15H17ClN2O3. The summed E-state index contributed by atoms with van der Waals surface area (Å²) in [5.74, 6) is 1.86. The number of nitrogens with two attached hydrogens (primary N) is 1. The van der Waals surface area contributed by atoms with Crippen LogP contribution >= 0.6 is 11.6 Å². The molecule has 0 atom stereocenters.